The monoisotopic (exact) mass is 287 g/mol. The summed E-state index contributed by atoms with van der Waals surface area (Å²) in [5, 5.41) is 11.7. The summed E-state index contributed by atoms with van der Waals surface area (Å²) in [5.41, 5.74) is -1.19. The number of nitrogens with one attached hydrogen (secondary N) is 1. The van der Waals surface area contributed by atoms with E-state index in [4.69, 9.17) is 5.11 Å². The number of nitrogens with zero attached hydrogens (tertiary/aromatic N) is 2. The zero-order valence-corrected chi connectivity index (χ0v) is 12.0. The average molecular weight is 287 g/mol. The fraction of sp³-hybridized carbons (Fsp3) is 0.455. The summed E-state index contributed by atoms with van der Waals surface area (Å²) in [7, 11) is -0.676. The second-order valence-electron chi connectivity index (χ2n) is 4.72. The largest absolute Gasteiger partial charge is 0.480 e. The van der Waals surface area contributed by atoms with E-state index in [0.717, 1.165) is 4.31 Å². The number of aliphatic carboxylic acids is 1. The highest BCUT2D eigenvalue weighted by Gasteiger charge is 2.27. The SMILES string of the molecule is CN(C)S(=O)(=O)c1ccc(NC(C)(C)C(=O)O)nc1. The van der Waals surface area contributed by atoms with Crippen molar-refractivity contribution in [2.45, 2.75) is 24.3 Å². The minimum Gasteiger partial charge on any atom is -0.480 e. The fourth-order valence-corrected chi connectivity index (χ4v) is 2.04. The Bertz CT molecular complexity index is 564. The van der Waals surface area contributed by atoms with Crippen LogP contribution >= 0.6 is 0 Å². The summed E-state index contributed by atoms with van der Waals surface area (Å²) in [6.45, 7) is 2.98. The van der Waals surface area contributed by atoms with Crippen molar-refractivity contribution >= 4 is 21.8 Å². The molecule has 0 radical (unpaired) electrons. The first-order valence-electron chi connectivity index (χ1n) is 5.47. The number of carboxylic acid groups (broad SMARTS) is 1. The molecule has 0 atom stereocenters. The number of sulfonamides is 1. The van der Waals surface area contributed by atoms with Gasteiger partial charge in [0, 0.05) is 20.3 Å². The van der Waals surface area contributed by atoms with E-state index in [1.807, 2.05) is 0 Å². The molecule has 8 heteroatoms. The Balaban J connectivity index is 2.99. The standard InChI is InChI=1S/C11H17N3O4S/c1-11(2,10(15)16)13-9-6-5-8(7-12-9)19(17,18)14(3)4/h5-7H,1-4H3,(H,12,13)(H,15,16). The summed E-state index contributed by atoms with van der Waals surface area (Å²) in [5.74, 6) is -0.732. The van der Waals surface area contributed by atoms with Crippen LogP contribution in [0.3, 0.4) is 0 Å². The lowest BCUT2D eigenvalue weighted by molar-refractivity contribution is -0.141. The summed E-state index contributed by atoms with van der Waals surface area (Å²) >= 11 is 0. The Kier molecular flexibility index (Phi) is 4.16. The van der Waals surface area contributed by atoms with E-state index in [9.17, 15) is 13.2 Å². The van der Waals surface area contributed by atoms with E-state index in [0.29, 0.717) is 5.82 Å². The zero-order chi connectivity index (χ0) is 14.8. The fourth-order valence-electron chi connectivity index (χ4n) is 1.19. The van der Waals surface area contributed by atoms with Crippen LogP contribution in [-0.2, 0) is 14.8 Å². The van der Waals surface area contributed by atoms with Crippen molar-refractivity contribution in [1.82, 2.24) is 9.29 Å². The number of aromatic nitrogens is 1. The van der Waals surface area contributed by atoms with Crippen molar-refractivity contribution in [3.63, 3.8) is 0 Å². The van der Waals surface area contributed by atoms with Gasteiger partial charge in [0.2, 0.25) is 10.0 Å². The summed E-state index contributed by atoms with van der Waals surface area (Å²) in [6, 6.07) is 2.81. The Morgan fingerprint density at radius 1 is 1.37 bits per heavy atom. The molecule has 1 rings (SSSR count). The summed E-state index contributed by atoms with van der Waals surface area (Å²) < 4.78 is 24.7. The number of rotatable bonds is 5. The highest BCUT2D eigenvalue weighted by Crippen LogP contribution is 2.17. The molecule has 0 aliphatic heterocycles. The minimum absolute atomic E-state index is 0.0520. The van der Waals surface area contributed by atoms with Crippen LogP contribution in [0.1, 0.15) is 13.8 Å². The molecule has 0 saturated carbocycles. The second kappa shape index (κ2) is 5.14. The molecule has 0 saturated heterocycles. The predicted octanol–water partition coefficient (Wildman–Crippen LogP) is 0.607. The molecule has 0 unspecified atom stereocenters. The van der Waals surface area contributed by atoms with Crippen molar-refractivity contribution < 1.29 is 18.3 Å². The average Bonchev–Trinajstić information content (AvgIpc) is 2.28. The third-order valence-corrected chi connectivity index (χ3v) is 4.29. The third kappa shape index (κ3) is 3.42. The quantitative estimate of drug-likeness (QED) is 0.823. The topological polar surface area (TPSA) is 99.6 Å². The van der Waals surface area contributed by atoms with E-state index in [-0.39, 0.29) is 4.90 Å². The number of anilines is 1. The van der Waals surface area contributed by atoms with Crippen LogP contribution in [0.2, 0.25) is 0 Å². The van der Waals surface area contributed by atoms with Gasteiger partial charge in [0.25, 0.3) is 0 Å². The van der Waals surface area contributed by atoms with Crippen LogP contribution in [0.4, 0.5) is 5.82 Å². The van der Waals surface area contributed by atoms with Crippen molar-refractivity contribution in [1.29, 1.82) is 0 Å². The normalized spacial score (nSPS) is 12.5. The Hall–Kier alpha value is -1.67. The Labute approximate surface area is 112 Å². The van der Waals surface area contributed by atoms with E-state index in [2.05, 4.69) is 10.3 Å². The molecule has 0 bridgehead atoms. The molecule has 2 N–H and O–H groups in total. The molecule has 7 nitrogen and oxygen atoms in total. The first kappa shape index (κ1) is 15.4. The predicted molar refractivity (Wildman–Crippen MR) is 70.4 cm³/mol. The summed E-state index contributed by atoms with van der Waals surface area (Å²) in [6.07, 6.45) is 1.19. The van der Waals surface area contributed by atoms with Gasteiger partial charge in [0.05, 0.1) is 0 Å². The maximum Gasteiger partial charge on any atom is 0.328 e. The smallest absolute Gasteiger partial charge is 0.328 e. The number of hydrogen-bond donors (Lipinski definition) is 2. The van der Waals surface area contributed by atoms with Gasteiger partial charge in [-0.2, -0.15) is 0 Å². The van der Waals surface area contributed by atoms with Crippen molar-refractivity contribution in [3.05, 3.63) is 18.3 Å². The minimum atomic E-state index is -3.53. The summed E-state index contributed by atoms with van der Waals surface area (Å²) in [4.78, 5) is 14.9. The molecule has 0 aromatic carbocycles. The lowest BCUT2D eigenvalue weighted by Crippen LogP contribution is -2.40. The van der Waals surface area contributed by atoms with Crippen molar-refractivity contribution in [3.8, 4) is 0 Å². The first-order valence-corrected chi connectivity index (χ1v) is 6.91. The Morgan fingerprint density at radius 2 is 1.95 bits per heavy atom. The second-order valence-corrected chi connectivity index (χ2v) is 6.87. The molecule has 1 aromatic heterocycles. The van der Waals surface area contributed by atoms with Crippen molar-refractivity contribution in [2.75, 3.05) is 19.4 Å². The van der Waals surface area contributed by atoms with Gasteiger partial charge in [-0.3, -0.25) is 0 Å². The van der Waals surface area contributed by atoms with Crippen LogP contribution in [-0.4, -0.2) is 48.4 Å². The van der Waals surface area contributed by atoms with Gasteiger partial charge in [0.15, 0.2) is 0 Å². The number of carbonyl (C=O) groups is 1. The molecule has 0 spiro atoms. The molecule has 0 aliphatic carbocycles. The van der Waals surface area contributed by atoms with Gasteiger partial charge < -0.3 is 10.4 Å². The highest BCUT2D eigenvalue weighted by molar-refractivity contribution is 7.89. The zero-order valence-electron chi connectivity index (χ0n) is 11.2. The van der Waals surface area contributed by atoms with Crippen LogP contribution in [0.15, 0.2) is 23.2 Å². The highest BCUT2D eigenvalue weighted by atomic mass is 32.2. The molecule has 106 valence electrons. The Morgan fingerprint density at radius 3 is 2.32 bits per heavy atom. The van der Waals surface area contributed by atoms with Gasteiger partial charge in [0.1, 0.15) is 16.3 Å². The van der Waals surface area contributed by atoms with Crippen LogP contribution in [0.25, 0.3) is 0 Å². The van der Waals surface area contributed by atoms with Crippen LogP contribution in [0.5, 0.6) is 0 Å². The van der Waals surface area contributed by atoms with Crippen LogP contribution in [0, 0.1) is 0 Å². The third-order valence-electron chi connectivity index (χ3n) is 2.49. The van der Waals surface area contributed by atoms with Gasteiger partial charge in [-0.1, -0.05) is 0 Å². The van der Waals surface area contributed by atoms with Gasteiger partial charge >= 0.3 is 5.97 Å². The van der Waals surface area contributed by atoms with E-state index < -0.39 is 21.5 Å². The first-order chi connectivity index (χ1) is 8.57. The molecular formula is C11H17N3O4S. The van der Waals surface area contributed by atoms with E-state index >= 15 is 0 Å². The lowest BCUT2D eigenvalue weighted by Gasteiger charge is -2.21. The molecule has 19 heavy (non-hydrogen) atoms. The maximum absolute atomic E-state index is 11.8. The van der Waals surface area contributed by atoms with E-state index in [1.54, 1.807) is 0 Å². The molecule has 0 fully saturated rings. The van der Waals surface area contributed by atoms with Gasteiger partial charge in [-0.25, -0.2) is 22.5 Å². The lowest BCUT2D eigenvalue weighted by atomic mass is 10.1. The molecule has 0 amide bonds. The number of hydrogen-bond acceptors (Lipinski definition) is 5. The molecule has 1 heterocycles. The van der Waals surface area contributed by atoms with E-state index in [1.165, 1.54) is 46.3 Å². The van der Waals surface area contributed by atoms with Crippen molar-refractivity contribution in [2.24, 2.45) is 0 Å². The van der Waals surface area contributed by atoms with Gasteiger partial charge in [-0.15, -0.1) is 0 Å². The maximum atomic E-state index is 11.8. The number of carboxylic acids is 1. The molecular weight excluding hydrogens is 270 g/mol. The van der Waals surface area contributed by atoms with Gasteiger partial charge in [-0.05, 0) is 26.0 Å². The molecule has 0 aliphatic rings. The number of pyridine rings is 1. The molecule has 1 aromatic rings. The van der Waals surface area contributed by atoms with Crippen LogP contribution < -0.4 is 5.32 Å².